The molecule has 0 saturated heterocycles. The van der Waals surface area contributed by atoms with Gasteiger partial charge in [0.25, 0.3) is 11.7 Å². The number of hydrogen-bond donors (Lipinski definition) is 1. The zero-order valence-corrected chi connectivity index (χ0v) is 18.6. The van der Waals surface area contributed by atoms with Crippen molar-refractivity contribution in [3.05, 3.63) is 94.6 Å². The molecule has 1 N–H and O–H groups in total. The van der Waals surface area contributed by atoms with E-state index < -0.39 is 29.1 Å². The highest BCUT2D eigenvalue weighted by atomic mass is 35.5. The molecule has 0 aliphatic carbocycles. The Morgan fingerprint density at radius 2 is 1.71 bits per heavy atom. The van der Waals surface area contributed by atoms with E-state index in [0.29, 0.717) is 16.3 Å². The fourth-order valence-corrected chi connectivity index (χ4v) is 3.89. The maximum atomic E-state index is 14.3. The number of ketones is 1. The van der Waals surface area contributed by atoms with Gasteiger partial charge >= 0.3 is 6.18 Å². The van der Waals surface area contributed by atoms with Crippen LogP contribution in [0.4, 0.5) is 18.9 Å². The molecule has 174 valence electrons. The lowest BCUT2D eigenvalue weighted by atomic mass is 10.1. The van der Waals surface area contributed by atoms with Crippen molar-refractivity contribution in [1.29, 1.82) is 0 Å². The fraction of sp³-hybridized carbons (Fsp3) is 0.120. The Morgan fingerprint density at radius 3 is 2.38 bits per heavy atom. The number of halogens is 4. The van der Waals surface area contributed by atoms with Crippen molar-refractivity contribution in [3.63, 3.8) is 0 Å². The number of alkyl halides is 3. The van der Waals surface area contributed by atoms with Gasteiger partial charge < -0.3 is 14.6 Å². The first-order valence-electron chi connectivity index (χ1n) is 10.1. The van der Waals surface area contributed by atoms with Crippen LogP contribution in [0.2, 0.25) is 5.02 Å². The SMILES string of the molecule is COc1cccc(NC(=O)C(=O)c2c(C(F)(F)F)n(Cc3ccc(Cl)cc3)c3ccccc23)c1. The number of rotatable bonds is 6. The normalized spacial score (nSPS) is 11.4. The smallest absolute Gasteiger partial charge is 0.432 e. The third-order valence-electron chi connectivity index (χ3n) is 5.25. The molecular formula is C25H18ClF3N2O3. The number of fused-ring (bicyclic) bond motifs is 1. The van der Waals surface area contributed by atoms with Gasteiger partial charge in [0.1, 0.15) is 11.4 Å². The van der Waals surface area contributed by atoms with Crippen LogP contribution >= 0.6 is 11.6 Å². The number of carbonyl (C=O) groups excluding carboxylic acids is 2. The molecule has 0 bridgehead atoms. The van der Waals surface area contributed by atoms with E-state index in [1.165, 1.54) is 37.4 Å². The highest BCUT2D eigenvalue weighted by molar-refractivity contribution is 6.48. The van der Waals surface area contributed by atoms with E-state index in [1.807, 2.05) is 0 Å². The minimum absolute atomic E-state index is 0.0366. The largest absolute Gasteiger partial charge is 0.497 e. The lowest BCUT2D eigenvalue weighted by Gasteiger charge is -2.15. The Morgan fingerprint density at radius 1 is 1.00 bits per heavy atom. The number of hydrogen-bond acceptors (Lipinski definition) is 3. The summed E-state index contributed by atoms with van der Waals surface area (Å²) in [6.07, 6.45) is -4.90. The summed E-state index contributed by atoms with van der Waals surface area (Å²) in [4.78, 5) is 25.9. The molecule has 0 aliphatic rings. The Labute approximate surface area is 197 Å². The fourth-order valence-electron chi connectivity index (χ4n) is 3.77. The molecule has 0 aliphatic heterocycles. The van der Waals surface area contributed by atoms with Crippen molar-refractivity contribution in [2.75, 3.05) is 12.4 Å². The van der Waals surface area contributed by atoms with Gasteiger partial charge in [-0.05, 0) is 35.9 Å². The molecule has 1 amide bonds. The predicted molar refractivity (Wildman–Crippen MR) is 123 cm³/mol. The molecular weight excluding hydrogens is 469 g/mol. The average molecular weight is 487 g/mol. The summed E-state index contributed by atoms with van der Waals surface area (Å²) in [6, 6.07) is 18.5. The Balaban J connectivity index is 1.82. The third-order valence-corrected chi connectivity index (χ3v) is 5.51. The molecule has 1 aromatic heterocycles. The standard InChI is InChI=1S/C25H18ClF3N2O3/c1-34-18-6-4-5-17(13-18)30-24(33)22(32)21-19-7-2-3-8-20(19)31(23(21)25(27,28)29)14-15-9-11-16(26)12-10-15/h2-13H,14H2,1H3,(H,30,33). The summed E-state index contributed by atoms with van der Waals surface area (Å²) in [6.45, 7) is -0.169. The number of benzene rings is 3. The molecule has 0 atom stereocenters. The van der Waals surface area contributed by atoms with Gasteiger partial charge in [0, 0.05) is 34.2 Å². The predicted octanol–water partition coefficient (Wildman–Crippen LogP) is 6.19. The van der Waals surface area contributed by atoms with Gasteiger partial charge in [-0.15, -0.1) is 0 Å². The first-order chi connectivity index (χ1) is 16.2. The molecule has 0 unspecified atom stereocenters. The summed E-state index contributed by atoms with van der Waals surface area (Å²) in [5.41, 5.74) is -0.930. The first-order valence-corrected chi connectivity index (χ1v) is 10.5. The van der Waals surface area contributed by atoms with Crippen LogP contribution in [0.5, 0.6) is 5.75 Å². The Hall–Kier alpha value is -3.78. The number of methoxy groups -OCH3 is 1. The molecule has 3 aromatic carbocycles. The maximum absolute atomic E-state index is 14.3. The summed E-state index contributed by atoms with van der Waals surface area (Å²) < 4.78 is 49.0. The van der Waals surface area contributed by atoms with Crippen LogP contribution in [0.25, 0.3) is 10.9 Å². The maximum Gasteiger partial charge on any atom is 0.432 e. The van der Waals surface area contributed by atoms with Crippen LogP contribution in [-0.2, 0) is 17.5 Å². The summed E-state index contributed by atoms with van der Waals surface area (Å²) >= 11 is 5.90. The van der Waals surface area contributed by atoms with Gasteiger partial charge in [-0.3, -0.25) is 9.59 Å². The first kappa shape index (κ1) is 23.4. The van der Waals surface area contributed by atoms with Crippen molar-refractivity contribution in [1.82, 2.24) is 4.57 Å². The van der Waals surface area contributed by atoms with Gasteiger partial charge in [-0.25, -0.2) is 0 Å². The third kappa shape index (κ3) is 4.63. The van der Waals surface area contributed by atoms with E-state index in [2.05, 4.69) is 5.32 Å². The van der Waals surface area contributed by atoms with Crippen molar-refractivity contribution in [2.45, 2.75) is 12.7 Å². The lowest BCUT2D eigenvalue weighted by molar-refractivity contribution is -0.143. The van der Waals surface area contributed by atoms with Crippen LogP contribution in [0.3, 0.4) is 0 Å². The lowest BCUT2D eigenvalue weighted by Crippen LogP contribution is -2.26. The van der Waals surface area contributed by atoms with Gasteiger partial charge in [0.15, 0.2) is 0 Å². The van der Waals surface area contributed by atoms with Gasteiger partial charge in [-0.2, -0.15) is 13.2 Å². The monoisotopic (exact) mass is 486 g/mol. The van der Waals surface area contributed by atoms with Gasteiger partial charge in [0.2, 0.25) is 0 Å². The molecule has 4 aromatic rings. The van der Waals surface area contributed by atoms with Crippen molar-refractivity contribution < 1.29 is 27.5 Å². The molecule has 9 heteroatoms. The second kappa shape index (κ2) is 9.23. The molecule has 0 spiro atoms. The zero-order chi connectivity index (χ0) is 24.5. The molecule has 34 heavy (non-hydrogen) atoms. The van der Waals surface area contributed by atoms with Crippen LogP contribution in [0.1, 0.15) is 21.6 Å². The highest BCUT2D eigenvalue weighted by Crippen LogP contribution is 2.39. The number of nitrogens with one attached hydrogen (secondary N) is 1. The second-order valence-corrected chi connectivity index (χ2v) is 7.90. The number of aromatic nitrogens is 1. The zero-order valence-electron chi connectivity index (χ0n) is 17.8. The summed E-state index contributed by atoms with van der Waals surface area (Å²) in [5, 5.41) is 2.85. The summed E-state index contributed by atoms with van der Waals surface area (Å²) in [5.74, 6) is -2.06. The Kier molecular flexibility index (Phi) is 6.34. The van der Waals surface area contributed by atoms with Gasteiger partial charge in [0.05, 0.1) is 12.7 Å². The van der Waals surface area contributed by atoms with E-state index in [0.717, 1.165) is 4.57 Å². The molecule has 1 heterocycles. The number of ether oxygens (including phenoxy) is 1. The van der Waals surface area contributed by atoms with E-state index in [9.17, 15) is 22.8 Å². The van der Waals surface area contributed by atoms with Crippen LogP contribution < -0.4 is 10.1 Å². The Bertz CT molecular complexity index is 1380. The van der Waals surface area contributed by atoms with Crippen molar-refractivity contribution in [2.24, 2.45) is 0 Å². The minimum atomic E-state index is -4.90. The van der Waals surface area contributed by atoms with E-state index in [1.54, 1.807) is 42.5 Å². The molecule has 5 nitrogen and oxygen atoms in total. The number of nitrogens with zero attached hydrogens (tertiary/aromatic N) is 1. The number of Topliss-reactive ketones (excluding diaryl/α,β-unsaturated/α-hetero) is 1. The number of amides is 1. The number of anilines is 1. The molecule has 0 saturated carbocycles. The second-order valence-electron chi connectivity index (χ2n) is 7.47. The van der Waals surface area contributed by atoms with Crippen molar-refractivity contribution >= 4 is 39.9 Å². The summed E-state index contributed by atoms with van der Waals surface area (Å²) in [7, 11) is 1.43. The molecule has 4 rings (SSSR count). The molecule has 0 fully saturated rings. The van der Waals surface area contributed by atoms with Crippen LogP contribution in [0.15, 0.2) is 72.8 Å². The topological polar surface area (TPSA) is 60.3 Å². The van der Waals surface area contributed by atoms with Crippen LogP contribution in [0, 0.1) is 0 Å². The average Bonchev–Trinajstić information content (AvgIpc) is 3.14. The molecule has 0 radical (unpaired) electrons. The van der Waals surface area contributed by atoms with E-state index in [4.69, 9.17) is 16.3 Å². The van der Waals surface area contributed by atoms with Gasteiger partial charge in [-0.1, -0.05) is 48.0 Å². The minimum Gasteiger partial charge on any atom is -0.497 e. The highest BCUT2D eigenvalue weighted by Gasteiger charge is 2.42. The van der Waals surface area contributed by atoms with Crippen LogP contribution in [-0.4, -0.2) is 23.4 Å². The quantitative estimate of drug-likeness (QED) is 0.261. The van der Waals surface area contributed by atoms with Crippen molar-refractivity contribution in [3.8, 4) is 5.75 Å². The van der Waals surface area contributed by atoms with E-state index in [-0.39, 0.29) is 23.1 Å². The van der Waals surface area contributed by atoms with E-state index >= 15 is 0 Å². The number of para-hydroxylation sites is 1. The number of carbonyl (C=O) groups is 2.